The Hall–Kier alpha value is -4.80. The summed E-state index contributed by atoms with van der Waals surface area (Å²) in [6.45, 7) is 1.19. The van der Waals surface area contributed by atoms with Crippen molar-refractivity contribution >= 4 is 28.9 Å². The minimum atomic E-state index is -1.16. The Morgan fingerprint density at radius 2 is 1.72 bits per heavy atom. The highest BCUT2D eigenvalue weighted by Crippen LogP contribution is 2.22. The van der Waals surface area contributed by atoms with Crippen molar-refractivity contribution in [1.82, 2.24) is 35.1 Å². The quantitative estimate of drug-likeness (QED) is 0.382. The lowest BCUT2D eigenvalue weighted by atomic mass is 9.93. The molecule has 0 spiro atoms. The van der Waals surface area contributed by atoms with Crippen molar-refractivity contribution < 1.29 is 14.4 Å². The molecule has 2 N–H and O–H groups in total. The van der Waals surface area contributed by atoms with Crippen LogP contribution in [0.3, 0.4) is 0 Å². The molecule has 0 unspecified atom stereocenters. The van der Waals surface area contributed by atoms with E-state index in [1.165, 1.54) is 17.2 Å². The minimum absolute atomic E-state index is 0.234. The average molecular weight is 486 g/mol. The van der Waals surface area contributed by atoms with Crippen molar-refractivity contribution in [3.63, 3.8) is 0 Å². The first-order valence-electron chi connectivity index (χ1n) is 11.3. The number of carbonyl (C=O) groups is 3. The predicted octanol–water partition coefficient (Wildman–Crippen LogP) is 1.56. The number of benzene rings is 2. The molecule has 5 rings (SSSR count). The number of imide groups is 1. The Morgan fingerprint density at radius 1 is 1.03 bits per heavy atom. The molecule has 1 aliphatic rings. The van der Waals surface area contributed by atoms with E-state index in [4.69, 9.17) is 0 Å². The molecule has 2 aromatic heterocycles. The Morgan fingerprint density at radius 3 is 2.44 bits per heavy atom. The molecule has 182 valence electrons. The number of aromatic nitrogens is 4. The topological polar surface area (TPSA) is 131 Å². The second-order valence-corrected chi connectivity index (χ2v) is 8.73. The van der Waals surface area contributed by atoms with E-state index in [0.29, 0.717) is 23.5 Å². The molecular weight excluding hydrogens is 462 g/mol. The van der Waals surface area contributed by atoms with E-state index in [1.54, 1.807) is 6.92 Å². The molecule has 1 saturated heterocycles. The van der Waals surface area contributed by atoms with Gasteiger partial charge in [-0.3, -0.25) is 24.4 Å². The van der Waals surface area contributed by atoms with Crippen molar-refractivity contribution in [1.29, 1.82) is 0 Å². The van der Waals surface area contributed by atoms with Gasteiger partial charge in [0.2, 0.25) is 0 Å². The standard InChI is InChI=1S/C25H23N7O4/c1-25(13-12-17-8-4-2-5-9-17)23(35)32(24(36)28-25)29-20(33)15-30-16-26-21-19(22(30)34)14-27-31(21)18-10-6-3-7-11-18/h2-11,14,16H,12-13,15H2,1H3,(H,28,36)(H,29,33)/t25-/m1/s1. The number of hydrazine groups is 1. The van der Waals surface area contributed by atoms with Crippen LogP contribution < -0.4 is 16.3 Å². The van der Waals surface area contributed by atoms with Crippen LogP contribution in [0.2, 0.25) is 0 Å². The zero-order valence-electron chi connectivity index (χ0n) is 19.4. The number of fused-ring (bicyclic) bond motifs is 1. The van der Waals surface area contributed by atoms with Crippen molar-refractivity contribution in [2.45, 2.75) is 31.8 Å². The number of amides is 4. The number of para-hydroxylation sites is 1. The third-order valence-corrected chi connectivity index (χ3v) is 6.12. The highest BCUT2D eigenvalue weighted by molar-refractivity contribution is 6.07. The van der Waals surface area contributed by atoms with Gasteiger partial charge in [-0.15, -0.1) is 0 Å². The Bertz CT molecular complexity index is 1510. The van der Waals surface area contributed by atoms with Crippen molar-refractivity contribution in [2.75, 3.05) is 0 Å². The second kappa shape index (κ2) is 9.10. The maximum Gasteiger partial charge on any atom is 0.344 e. The van der Waals surface area contributed by atoms with Gasteiger partial charge in [0.25, 0.3) is 17.4 Å². The molecule has 2 aromatic carbocycles. The maximum atomic E-state index is 13.0. The number of aryl methyl sites for hydroxylation is 1. The van der Waals surface area contributed by atoms with E-state index in [-0.39, 0.29) is 5.39 Å². The molecule has 0 saturated carbocycles. The van der Waals surface area contributed by atoms with E-state index in [9.17, 15) is 19.2 Å². The van der Waals surface area contributed by atoms with Crippen LogP contribution >= 0.6 is 0 Å². The third-order valence-electron chi connectivity index (χ3n) is 6.12. The zero-order valence-corrected chi connectivity index (χ0v) is 19.4. The van der Waals surface area contributed by atoms with Gasteiger partial charge in [-0.2, -0.15) is 10.1 Å². The number of hydrogen-bond acceptors (Lipinski definition) is 6. The molecule has 0 bridgehead atoms. The van der Waals surface area contributed by atoms with Crippen LogP contribution in [-0.2, 0) is 22.6 Å². The van der Waals surface area contributed by atoms with Gasteiger partial charge in [0, 0.05) is 0 Å². The van der Waals surface area contributed by atoms with Gasteiger partial charge >= 0.3 is 6.03 Å². The monoisotopic (exact) mass is 485 g/mol. The highest BCUT2D eigenvalue weighted by Gasteiger charge is 2.48. The highest BCUT2D eigenvalue weighted by atomic mass is 16.2. The third kappa shape index (κ3) is 4.22. The molecule has 11 heteroatoms. The van der Waals surface area contributed by atoms with Crippen LogP contribution in [0.5, 0.6) is 0 Å². The molecule has 4 aromatic rings. The number of nitrogens with one attached hydrogen (secondary N) is 2. The van der Waals surface area contributed by atoms with Crippen molar-refractivity contribution in [3.05, 3.63) is 89.1 Å². The van der Waals surface area contributed by atoms with Crippen LogP contribution in [0.15, 0.2) is 78.0 Å². The summed E-state index contributed by atoms with van der Waals surface area (Å²) in [7, 11) is 0. The summed E-state index contributed by atoms with van der Waals surface area (Å²) in [4.78, 5) is 55.3. The number of rotatable bonds is 7. The summed E-state index contributed by atoms with van der Waals surface area (Å²) < 4.78 is 2.63. The van der Waals surface area contributed by atoms with Gasteiger partial charge in [0.1, 0.15) is 23.8 Å². The molecule has 1 atom stereocenters. The molecule has 0 aliphatic carbocycles. The van der Waals surface area contributed by atoms with Gasteiger partial charge in [-0.25, -0.2) is 14.5 Å². The Kier molecular flexibility index (Phi) is 5.80. The normalized spacial score (nSPS) is 17.4. The number of nitrogens with zero attached hydrogens (tertiary/aromatic N) is 5. The second-order valence-electron chi connectivity index (χ2n) is 8.73. The first-order valence-corrected chi connectivity index (χ1v) is 11.3. The van der Waals surface area contributed by atoms with E-state index in [2.05, 4.69) is 20.8 Å². The molecule has 3 heterocycles. The largest absolute Gasteiger partial charge is 0.344 e. The molecule has 36 heavy (non-hydrogen) atoms. The molecule has 11 nitrogen and oxygen atoms in total. The van der Waals surface area contributed by atoms with E-state index < -0.39 is 35.5 Å². The molecule has 1 fully saturated rings. The number of hydrogen-bond donors (Lipinski definition) is 2. The minimum Gasteiger partial charge on any atom is -0.322 e. The average Bonchev–Trinajstić information content (AvgIpc) is 3.41. The molecular formula is C25H23N7O4. The lowest BCUT2D eigenvalue weighted by Crippen LogP contribution is -2.50. The summed E-state index contributed by atoms with van der Waals surface area (Å²) in [5.74, 6) is -1.29. The first kappa shape index (κ1) is 23.0. The Labute approximate surface area is 205 Å². The summed E-state index contributed by atoms with van der Waals surface area (Å²) >= 11 is 0. The number of carbonyl (C=O) groups excluding carboxylic acids is 3. The van der Waals surface area contributed by atoms with Gasteiger partial charge in [0.15, 0.2) is 5.65 Å². The van der Waals surface area contributed by atoms with E-state index in [0.717, 1.165) is 15.8 Å². The van der Waals surface area contributed by atoms with Gasteiger partial charge in [-0.1, -0.05) is 48.5 Å². The molecule has 4 amide bonds. The van der Waals surface area contributed by atoms with E-state index in [1.807, 2.05) is 60.7 Å². The first-order chi connectivity index (χ1) is 17.4. The summed E-state index contributed by atoms with van der Waals surface area (Å²) in [5, 5.41) is 7.79. The lowest BCUT2D eigenvalue weighted by molar-refractivity contribution is -0.139. The van der Waals surface area contributed by atoms with Crippen LogP contribution in [0, 0.1) is 0 Å². The number of urea groups is 1. The fourth-order valence-electron chi connectivity index (χ4n) is 4.13. The van der Waals surface area contributed by atoms with Gasteiger partial charge in [-0.05, 0) is 37.5 Å². The molecule has 0 radical (unpaired) electrons. The van der Waals surface area contributed by atoms with Crippen LogP contribution in [0.1, 0.15) is 18.9 Å². The van der Waals surface area contributed by atoms with Crippen molar-refractivity contribution in [3.8, 4) is 5.69 Å². The fourth-order valence-corrected chi connectivity index (χ4v) is 4.13. The van der Waals surface area contributed by atoms with Gasteiger partial charge in [0.05, 0.1) is 11.9 Å². The summed E-state index contributed by atoms with van der Waals surface area (Å²) in [6, 6.07) is 18.1. The molecule has 1 aliphatic heterocycles. The Balaban J connectivity index is 1.28. The predicted molar refractivity (Wildman–Crippen MR) is 130 cm³/mol. The SMILES string of the molecule is C[C@]1(CCc2ccccc2)NC(=O)N(NC(=O)Cn2cnc3c(cnn3-c3ccccc3)c2=O)C1=O. The van der Waals surface area contributed by atoms with Crippen molar-refractivity contribution in [2.24, 2.45) is 0 Å². The summed E-state index contributed by atoms with van der Waals surface area (Å²) in [5.41, 5.74) is 2.80. The smallest absolute Gasteiger partial charge is 0.322 e. The van der Waals surface area contributed by atoms with E-state index >= 15 is 0 Å². The van der Waals surface area contributed by atoms with Crippen LogP contribution in [0.4, 0.5) is 4.79 Å². The maximum absolute atomic E-state index is 13.0. The zero-order chi connectivity index (χ0) is 25.3. The lowest BCUT2D eigenvalue weighted by Gasteiger charge is -2.21. The fraction of sp³-hybridized carbons (Fsp3) is 0.200. The summed E-state index contributed by atoms with van der Waals surface area (Å²) in [6.07, 6.45) is 3.56. The van der Waals surface area contributed by atoms with Crippen LogP contribution in [0.25, 0.3) is 16.7 Å². The van der Waals surface area contributed by atoms with Crippen LogP contribution in [-0.4, -0.2) is 47.7 Å². The van der Waals surface area contributed by atoms with Gasteiger partial charge < -0.3 is 5.32 Å².